The van der Waals surface area contributed by atoms with Gasteiger partial charge in [0, 0.05) is 11.6 Å². The minimum Gasteiger partial charge on any atom is -0.507 e. The molecule has 0 saturated carbocycles. The number of nitrogens with zero attached hydrogens (tertiary/aromatic N) is 1. The Labute approximate surface area is 144 Å². The highest BCUT2D eigenvalue weighted by molar-refractivity contribution is 6.04. The van der Waals surface area contributed by atoms with Crippen molar-refractivity contribution in [2.45, 2.75) is 0 Å². The number of amides is 1. The minimum atomic E-state index is -0.377. The normalized spacial score (nSPS) is 10.3. The topological polar surface area (TPSA) is 96.5 Å². The lowest BCUT2D eigenvalue weighted by Gasteiger charge is -2.10. The van der Waals surface area contributed by atoms with Gasteiger partial charge in [-0.05, 0) is 30.3 Å². The predicted octanol–water partition coefficient (Wildman–Crippen LogP) is 3.05. The van der Waals surface area contributed by atoms with Crippen LogP contribution in [-0.4, -0.2) is 35.4 Å². The van der Waals surface area contributed by atoms with Crippen LogP contribution in [0.2, 0.25) is 0 Å². The summed E-state index contributed by atoms with van der Waals surface area (Å²) in [6, 6.07) is 13.4. The summed E-state index contributed by atoms with van der Waals surface area (Å²) in [7, 11) is 3.06. The molecule has 0 bridgehead atoms. The van der Waals surface area contributed by atoms with Gasteiger partial charge in [0.25, 0.3) is 5.91 Å². The maximum Gasteiger partial charge on any atom is 0.273 e. The highest BCUT2D eigenvalue weighted by atomic mass is 16.5. The molecule has 2 aromatic carbocycles. The molecule has 0 spiro atoms. The molecular weight excluding hydrogens is 322 g/mol. The number of aromatic nitrogens is 2. The summed E-state index contributed by atoms with van der Waals surface area (Å²) in [5.74, 6) is 0.821. The van der Waals surface area contributed by atoms with Crippen molar-refractivity contribution in [1.82, 2.24) is 10.2 Å². The van der Waals surface area contributed by atoms with Gasteiger partial charge in [0.2, 0.25) is 0 Å². The summed E-state index contributed by atoms with van der Waals surface area (Å²) in [5.41, 5.74) is 1.79. The van der Waals surface area contributed by atoms with E-state index in [0.29, 0.717) is 28.4 Å². The third-order valence-electron chi connectivity index (χ3n) is 3.66. The van der Waals surface area contributed by atoms with E-state index in [1.807, 2.05) is 0 Å². The van der Waals surface area contributed by atoms with Crippen molar-refractivity contribution in [2.24, 2.45) is 0 Å². The van der Waals surface area contributed by atoms with Crippen LogP contribution >= 0.6 is 0 Å². The molecule has 25 heavy (non-hydrogen) atoms. The molecule has 3 rings (SSSR count). The lowest BCUT2D eigenvalue weighted by atomic mass is 10.1. The molecule has 0 aliphatic rings. The number of hydrogen-bond donors (Lipinski definition) is 3. The number of methoxy groups -OCH3 is 2. The second-order valence-electron chi connectivity index (χ2n) is 5.20. The Morgan fingerprint density at radius 2 is 1.92 bits per heavy atom. The van der Waals surface area contributed by atoms with E-state index in [1.54, 1.807) is 55.6 Å². The molecule has 0 aliphatic carbocycles. The molecule has 0 fully saturated rings. The third-order valence-corrected chi connectivity index (χ3v) is 3.66. The molecule has 1 amide bonds. The highest BCUT2D eigenvalue weighted by Crippen LogP contribution is 2.30. The number of nitrogens with one attached hydrogen (secondary N) is 2. The summed E-state index contributed by atoms with van der Waals surface area (Å²) in [6.45, 7) is 0. The average molecular weight is 339 g/mol. The maximum absolute atomic E-state index is 12.4. The second-order valence-corrected chi connectivity index (χ2v) is 5.20. The number of aromatic amines is 1. The highest BCUT2D eigenvalue weighted by Gasteiger charge is 2.15. The van der Waals surface area contributed by atoms with E-state index in [4.69, 9.17) is 9.47 Å². The largest absolute Gasteiger partial charge is 0.507 e. The maximum atomic E-state index is 12.4. The first kappa shape index (κ1) is 16.4. The van der Waals surface area contributed by atoms with Gasteiger partial charge < -0.3 is 19.9 Å². The van der Waals surface area contributed by atoms with Gasteiger partial charge in [-0.15, -0.1) is 0 Å². The number of phenolic OH excluding ortho intramolecular Hbond substituents is 1. The molecule has 0 aliphatic heterocycles. The average Bonchev–Trinajstić information content (AvgIpc) is 3.12. The van der Waals surface area contributed by atoms with Crippen LogP contribution in [-0.2, 0) is 0 Å². The van der Waals surface area contributed by atoms with Crippen LogP contribution in [0.5, 0.6) is 17.2 Å². The Morgan fingerprint density at radius 1 is 1.12 bits per heavy atom. The molecule has 0 unspecified atom stereocenters. The number of aromatic hydroxyl groups is 1. The summed E-state index contributed by atoms with van der Waals surface area (Å²) < 4.78 is 10.4. The third kappa shape index (κ3) is 3.40. The number of para-hydroxylation sites is 1. The predicted molar refractivity (Wildman–Crippen MR) is 93.2 cm³/mol. The molecule has 0 atom stereocenters. The van der Waals surface area contributed by atoms with Gasteiger partial charge >= 0.3 is 0 Å². The monoisotopic (exact) mass is 339 g/mol. The Hall–Kier alpha value is -3.48. The first-order chi connectivity index (χ1) is 12.1. The van der Waals surface area contributed by atoms with Crippen molar-refractivity contribution in [3.8, 4) is 28.5 Å². The fraction of sp³-hybridized carbons (Fsp3) is 0.111. The van der Waals surface area contributed by atoms with E-state index in [2.05, 4.69) is 15.5 Å². The fourth-order valence-electron chi connectivity index (χ4n) is 2.36. The van der Waals surface area contributed by atoms with Gasteiger partial charge in [-0.25, -0.2) is 0 Å². The van der Waals surface area contributed by atoms with E-state index in [0.717, 1.165) is 0 Å². The standard InChI is InChI=1S/C18H17N3O4/c1-24-11-7-8-13(17(9-11)25-2)19-18(23)15-10-14(20-21-15)12-5-3-4-6-16(12)22/h3-10,22H,1-2H3,(H,19,23)(H,20,21). The quantitative estimate of drug-likeness (QED) is 0.664. The molecule has 128 valence electrons. The van der Waals surface area contributed by atoms with Gasteiger partial charge in [0.05, 0.1) is 25.6 Å². The lowest BCUT2D eigenvalue weighted by Crippen LogP contribution is -2.13. The minimum absolute atomic E-state index is 0.0952. The van der Waals surface area contributed by atoms with Gasteiger partial charge in [-0.3, -0.25) is 9.89 Å². The molecule has 7 heteroatoms. The number of phenols is 1. The van der Waals surface area contributed by atoms with Crippen molar-refractivity contribution in [3.63, 3.8) is 0 Å². The van der Waals surface area contributed by atoms with Gasteiger partial charge in [-0.1, -0.05) is 12.1 Å². The molecule has 1 heterocycles. The summed E-state index contributed by atoms with van der Waals surface area (Å²) in [6.07, 6.45) is 0. The SMILES string of the molecule is COc1ccc(NC(=O)c2cc(-c3ccccc3O)n[nH]2)c(OC)c1. The Balaban J connectivity index is 1.82. The number of anilines is 1. The zero-order valence-electron chi connectivity index (χ0n) is 13.7. The van der Waals surface area contributed by atoms with E-state index in [1.165, 1.54) is 7.11 Å². The van der Waals surface area contributed by atoms with E-state index in [-0.39, 0.29) is 17.4 Å². The van der Waals surface area contributed by atoms with Gasteiger partial charge in [0.1, 0.15) is 22.9 Å². The van der Waals surface area contributed by atoms with Crippen molar-refractivity contribution < 1.29 is 19.4 Å². The van der Waals surface area contributed by atoms with E-state index >= 15 is 0 Å². The first-order valence-corrected chi connectivity index (χ1v) is 7.49. The van der Waals surface area contributed by atoms with Gasteiger partial charge in [0.15, 0.2) is 0 Å². The van der Waals surface area contributed by atoms with Crippen LogP contribution in [0.25, 0.3) is 11.3 Å². The molecule has 0 radical (unpaired) electrons. The molecule has 3 N–H and O–H groups in total. The van der Waals surface area contributed by atoms with E-state index < -0.39 is 0 Å². The molecule has 1 aromatic heterocycles. The smallest absolute Gasteiger partial charge is 0.273 e. The Morgan fingerprint density at radius 3 is 2.64 bits per heavy atom. The molecule has 7 nitrogen and oxygen atoms in total. The van der Waals surface area contributed by atoms with Crippen molar-refractivity contribution in [2.75, 3.05) is 19.5 Å². The number of carbonyl (C=O) groups is 1. The number of hydrogen-bond acceptors (Lipinski definition) is 5. The zero-order chi connectivity index (χ0) is 17.8. The molecule has 3 aromatic rings. The fourth-order valence-corrected chi connectivity index (χ4v) is 2.36. The number of ether oxygens (including phenoxy) is 2. The van der Waals surface area contributed by atoms with Crippen LogP contribution < -0.4 is 14.8 Å². The molecular formula is C18H17N3O4. The van der Waals surface area contributed by atoms with E-state index in [9.17, 15) is 9.90 Å². The van der Waals surface area contributed by atoms with Crippen molar-refractivity contribution in [3.05, 3.63) is 54.2 Å². The van der Waals surface area contributed by atoms with Crippen LogP contribution in [0.3, 0.4) is 0 Å². The summed E-state index contributed by atoms with van der Waals surface area (Å²) >= 11 is 0. The first-order valence-electron chi connectivity index (χ1n) is 7.49. The van der Waals surface area contributed by atoms with Crippen molar-refractivity contribution >= 4 is 11.6 Å². The summed E-state index contributed by atoms with van der Waals surface area (Å²) in [5, 5.41) is 19.4. The lowest BCUT2D eigenvalue weighted by molar-refractivity contribution is 0.102. The van der Waals surface area contributed by atoms with Crippen LogP contribution in [0.1, 0.15) is 10.5 Å². The van der Waals surface area contributed by atoms with Crippen LogP contribution in [0.15, 0.2) is 48.5 Å². The second kappa shape index (κ2) is 6.96. The van der Waals surface area contributed by atoms with Crippen molar-refractivity contribution in [1.29, 1.82) is 0 Å². The number of benzene rings is 2. The number of rotatable bonds is 5. The summed E-state index contributed by atoms with van der Waals surface area (Å²) in [4.78, 5) is 12.4. The van der Waals surface area contributed by atoms with Gasteiger partial charge in [-0.2, -0.15) is 5.10 Å². The van der Waals surface area contributed by atoms with Crippen LogP contribution in [0.4, 0.5) is 5.69 Å². The zero-order valence-corrected chi connectivity index (χ0v) is 13.7. The Bertz CT molecular complexity index is 905. The number of H-pyrrole nitrogens is 1. The number of carbonyl (C=O) groups excluding carboxylic acids is 1. The van der Waals surface area contributed by atoms with Crippen LogP contribution in [0, 0.1) is 0 Å². The Kier molecular flexibility index (Phi) is 4.56. The molecule has 0 saturated heterocycles.